The summed E-state index contributed by atoms with van der Waals surface area (Å²) in [6.45, 7) is 9.52. The molecule has 0 saturated carbocycles. The van der Waals surface area contributed by atoms with E-state index < -0.39 is 22.5 Å². The van der Waals surface area contributed by atoms with E-state index in [-0.39, 0.29) is 4.90 Å². The highest BCUT2D eigenvalue weighted by Gasteiger charge is 2.27. The van der Waals surface area contributed by atoms with E-state index in [9.17, 15) is 13.2 Å². The predicted molar refractivity (Wildman–Crippen MR) is 153 cm³/mol. The minimum atomic E-state index is -3.98. The molecular formula is C30H32N4O3S. The topological polar surface area (TPSA) is 83.8 Å². The van der Waals surface area contributed by atoms with Crippen LogP contribution in [0.25, 0.3) is 5.69 Å². The van der Waals surface area contributed by atoms with Gasteiger partial charge in [-0.1, -0.05) is 42.5 Å². The highest BCUT2D eigenvalue weighted by Crippen LogP contribution is 2.26. The summed E-state index contributed by atoms with van der Waals surface area (Å²) in [5, 5.41) is 4.15. The molecule has 3 aromatic carbocycles. The maximum atomic E-state index is 13.5. The molecule has 8 heteroatoms. The molecule has 0 saturated heterocycles. The zero-order valence-corrected chi connectivity index (χ0v) is 23.1. The molecule has 0 aliphatic heterocycles. The van der Waals surface area contributed by atoms with Crippen molar-refractivity contribution < 1.29 is 13.2 Å². The number of carbonyl (C=O) groups is 1. The van der Waals surface area contributed by atoms with Gasteiger partial charge in [0.1, 0.15) is 6.54 Å². The van der Waals surface area contributed by atoms with Gasteiger partial charge in [-0.2, -0.15) is 5.10 Å². The van der Waals surface area contributed by atoms with Crippen LogP contribution in [0.15, 0.2) is 88.9 Å². The van der Waals surface area contributed by atoms with Crippen LogP contribution in [0.2, 0.25) is 0 Å². The number of amides is 1. The number of benzene rings is 3. The van der Waals surface area contributed by atoms with Gasteiger partial charge in [-0.25, -0.2) is 13.8 Å². The number of para-hydroxylation sites is 1. The van der Waals surface area contributed by atoms with Crippen LogP contribution in [-0.2, 0) is 14.8 Å². The lowest BCUT2D eigenvalue weighted by atomic mass is 10.1. The fraction of sp³-hybridized carbons (Fsp3) is 0.200. The van der Waals surface area contributed by atoms with E-state index >= 15 is 0 Å². The van der Waals surface area contributed by atoms with Crippen molar-refractivity contribution in [2.75, 3.05) is 10.8 Å². The van der Waals surface area contributed by atoms with Crippen LogP contribution in [0.4, 0.5) is 5.69 Å². The van der Waals surface area contributed by atoms with Gasteiger partial charge in [0.05, 0.1) is 16.8 Å². The monoisotopic (exact) mass is 528 g/mol. The van der Waals surface area contributed by atoms with Crippen molar-refractivity contribution in [2.45, 2.75) is 39.5 Å². The van der Waals surface area contributed by atoms with Crippen molar-refractivity contribution in [3.05, 3.63) is 113 Å². The molecule has 0 spiro atoms. The molecule has 7 nitrogen and oxygen atoms in total. The number of hydrogen-bond acceptors (Lipinski definition) is 4. The molecule has 0 aliphatic carbocycles. The van der Waals surface area contributed by atoms with Crippen LogP contribution >= 0.6 is 0 Å². The summed E-state index contributed by atoms with van der Waals surface area (Å²) in [6.07, 6.45) is 1.58. The van der Waals surface area contributed by atoms with Gasteiger partial charge in [-0.15, -0.1) is 0 Å². The first kappa shape index (κ1) is 26.9. The molecule has 1 amide bonds. The number of carbonyl (C=O) groups excluding carboxylic acids is 1. The fourth-order valence-electron chi connectivity index (χ4n) is 4.36. The number of hydrogen-bond donors (Lipinski definition) is 1. The SMILES string of the molecule is Cc1ccc(N(CC(=O)N/N=C/c2cc(C)n(-c3ccccc3C)c2C)S(=O)(=O)c2ccccc2)cc1C. The first-order valence-electron chi connectivity index (χ1n) is 12.3. The van der Waals surface area contributed by atoms with Gasteiger partial charge in [-0.3, -0.25) is 9.10 Å². The summed E-state index contributed by atoms with van der Waals surface area (Å²) in [5.41, 5.74) is 9.99. The number of rotatable bonds is 8. The Hall–Kier alpha value is -4.17. The number of aryl methyl sites for hydroxylation is 4. The average Bonchev–Trinajstić information content (AvgIpc) is 3.17. The summed E-state index contributed by atoms with van der Waals surface area (Å²) in [5.74, 6) is -0.549. The third-order valence-electron chi connectivity index (χ3n) is 6.62. The zero-order chi connectivity index (χ0) is 27.4. The zero-order valence-electron chi connectivity index (χ0n) is 22.3. The Labute approximate surface area is 224 Å². The van der Waals surface area contributed by atoms with E-state index in [4.69, 9.17) is 0 Å². The second-order valence-electron chi connectivity index (χ2n) is 9.33. The minimum Gasteiger partial charge on any atom is -0.318 e. The molecule has 1 aromatic heterocycles. The van der Waals surface area contributed by atoms with Gasteiger partial charge >= 0.3 is 0 Å². The largest absolute Gasteiger partial charge is 0.318 e. The van der Waals surface area contributed by atoms with Gasteiger partial charge in [-0.05, 0) is 87.7 Å². The average molecular weight is 529 g/mol. The lowest BCUT2D eigenvalue weighted by Crippen LogP contribution is -2.39. The summed E-state index contributed by atoms with van der Waals surface area (Å²) in [7, 11) is -3.98. The molecular weight excluding hydrogens is 496 g/mol. The van der Waals surface area contributed by atoms with E-state index in [1.165, 1.54) is 12.1 Å². The maximum Gasteiger partial charge on any atom is 0.264 e. The Morgan fingerprint density at radius 2 is 1.55 bits per heavy atom. The molecule has 0 atom stereocenters. The molecule has 4 rings (SSSR count). The molecule has 0 bridgehead atoms. The fourth-order valence-corrected chi connectivity index (χ4v) is 5.79. The van der Waals surface area contributed by atoms with Crippen LogP contribution < -0.4 is 9.73 Å². The van der Waals surface area contributed by atoms with Crippen molar-refractivity contribution >= 4 is 27.8 Å². The minimum absolute atomic E-state index is 0.109. The van der Waals surface area contributed by atoms with E-state index in [2.05, 4.69) is 34.2 Å². The summed E-state index contributed by atoms with van der Waals surface area (Å²) >= 11 is 0. The van der Waals surface area contributed by atoms with Gasteiger partial charge in [0.15, 0.2) is 0 Å². The van der Waals surface area contributed by atoms with Gasteiger partial charge in [0.25, 0.3) is 15.9 Å². The summed E-state index contributed by atoms with van der Waals surface area (Å²) < 4.78 is 30.3. The summed E-state index contributed by atoms with van der Waals surface area (Å²) in [6, 6.07) is 23.5. The van der Waals surface area contributed by atoms with Crippen molar-refractivity contribution in [2.24, 2.45) is 5.10 Å². The van der Waals surface area contributed by atoms with Gasteiger partial charge < -0.3 is 4.57 Å². The van der Waals surface area contributed by atoms with Crippen LogP contribution in [0.5, 0.6) is 0 Å². The smallest absolute Gasteiger partial charge is 0.264 e. The Balaban J connectivity index is 1.57. The quantitative estimate of drug-likeness (QED) is 0.247. The molecule has 1 N–H and O–H groups in total. The number of nitrogens with zero attached hydrogens (tertiary/aromatic N) is 3. The first-order chi connectivity index (χ1) is 18.1. The third kappa shape index (κ3) is 5.55. The van der Waals surface area contributed by atoms with Gasteiger partial charge in [0, 0.05) is 22.6 Å². The second kappa shape index (κ2) is 11.1. The van der Waals surface area contributed by atoms with E-state index in [0.717, 1.165) is 43.6 Å². The predicted octanol–water partition coefficient (Wildman–Crippen LogP) is 5.37. The molecule has 0 aliphatic rings. The van der Waals surface area contributed by atoms with Crippen LogP contribution in [0.1, 0.15) is 33.6 Å². The highest BCUT2D eigenvalue weighted by atomic mass is 32.2. The molecule has 38 heavy (non-hydrogen) atoms. The van der Waals surface area contributed by atoms with E-state index in [1.807, 2.05) is 52.0 Å². The Morgan fingerprint density at radius 3 is 2.24 bits per heavy atom. The first-order valence-corrected chi connectivity index (χ1v) is 13.8. The Bertz CT molecular complexity index is 1610. The van der Waals surface area contributed by atoms with Crippen molar-refractivity contribution in [3.63, 3.8) is 0 Å². The Kier molecular flexibility index (Phi) is 7.83. The van der Waals surface area contributed by atoms with Crippen molar-refractivity contribution in [3.8, 4) is 5.69 Å². The van der Waals surface area contributed by atoms with Crippen LogP contribution in [0, 0.1) is 34.6 Å². The second-order valence-corrected chi connectivity index (χ2v) is 11.2. The Morgan fingerprint density at radius 1 is 0.868 bits per heavy atom. The van der Waals surface area contributed by atoms with E-state index in [0.29, 0.717) is 5.69 Å². The van der Waals surface area contributed by atoms with Crippen molar-refractivity contribution in [1.29, 1.82) is 0 Å². The lowest BCUT2D eigenvalue weighted by Gasteiger charge is -2.24. The van der Waals surface area contributed by atoms with E-state index in [1.54, 1.807) is 36.5 Å². The molecule has 4 aromatic rings. The number of aromatic nitrogens is 1. The molecule has 196 valence electrons. The summed E-state index contributed by atoms with van der Waals surface area (Å²) in [4.78, 5) is 13.0. The maximum absolute atomic E-state index is 13.5. The molecule has 0 radical (unpaired) electrons. The normalized spacial score (nSPS) is 11.6. The van der Waals surface area contributed by atoms with Crippen LogP contribution in [-0.4, -0.2) is 31.7 Å². The number of hydrazone groups is 1. The number of anilines is 1. The van der Waals surface area contributed by atoms with Crippen LogP contribution in [0.3, 0.4) is 0 Å². The molecule has 1 heterocycles. The third-order valence-corrected chi connectivity index (χ3v) is 8.40. The lowest BCUT2D eigenvalue weighted by molar-refractivity contribution is -0.119. The number of sulfonamides is 1. The molecule has 0 unspecified atom stereocenters. The number of nitrogens with one attached hydrogen (secondary N) is 1. The van der Waals surface area contributed by atoms with Crippen molar-refractivity contribution in [1.82, 2.24) is 9.99 Å². The van der Waals surface area contributed by atoms with Gasteiger partial charge in [0.2, 0.25) is 0 Å². The molecule has 0 fully saturated rings. The standard InChI is InChI=1S/C30H32N4O3S/c1-21-15-16-27(17-23(21)3)33(38(36,37)28-12-7-6-8-13-28)20-30(35)32-31-19-26-18-24(4)34(25(26)5)29-14-10-9-11-22(29)2/h6-19H,20H2,1-5H3,(H,32,35)/b31-19+. The highest BCUT2D eigenvalue weighted by molar-refractivity contribution is 7.92.